The maximum atomic E-state index is 11.3. The van der Waals surface area contributed by atoms with Crippen molar-refractivity contribution in [3.8, 4) is 5.75 Å². The second-order valence-corrected chi connectivity index (χ2v) is 3.71. The molecule has 3 nitrogen and oxygen atoms in total. The van der Waals surface area contributed by atoms with Crippen LogP contribution in [0.25, 0.3) is 0 Å². The molecule has 0 amide bonds. The molecule has 15 heavy (non-hydrogen) atoms. The lowest BCUT2D eigenvalue weighted by Gasteiger charge is -2.07. The second-order valence-electron chi connectivity index (χ2n) is 3.71. The van der Waals surface area contributed by atoms with Crippen LogP contribution >= 0.6 is 0 Å². The SMILES string of the molecule is CC(C)C(=O)COc1ccc(CO)cc1. The molecule has 0 aliphatic carbocycles. The van der Waals surface area contributed by atoms with E-state index in [9.17, 15) is 4.79 Å². The monoisotopic (exact) mass is 208 g/mol. The number of hydrogen-bond acceptors (Lipinski definition) is 3. The van der Waals surface area contributed by atoms with Gasteiger partial charge in [0.05, 0.1) is 6.61 Å². The van der Waals surface area contributed by atoms with Crippen molar-refractivity contribution in [1.29, 1.82) is 0 Å². The molecule has 1 rings (SSSR count). The number of carbonyl (C=O) groups is 1. The van der Waals surface area contributed by atoms with Gasteiger partial charge >= 0.3 is 0 Å². The summed E-state index contributed by atoms with van der Waals surface area (Å²) in [4.78, 5) is 11.3. The standard InChI is InChI=1S/C12H16O3/c1-9(2)12(14)8-15-11-5-3-10(7-13)4-6-11/h3-6,9,13H,7-8H2,1-2H3. The predicted molar refractivity (Wildman–Crippen MR) is 57.7 cm³/mol. The van der Waals surface area contributed by atoms with Gasteiger partial charge in [0, 0.05) is 5.92 Å². The number of ketones is 1. The molecule has 0 aliphatic rings. The Morgan fingerprint density at radius 2 is 1.93 bits per heavy atom. The van der Waals surface area contributed by atoms with Crippen LogP contribution in [-0.2, 0) is 11.4 Å². The fourth-order valence-corrected chi connectivity index (χ4v) is 1.01. The van der Waals surface area contributed by atoms with Crippen LogP contribution in [0, 0.1) is 5.92 Å². The van der Waals surface area contributed by atoms with Crippen LogP contribution in [0.3, 0.4) is 0 Å². The summed E-state index contributed by atoms with van der Waals surface area (Å²) in [5, 5.41) is 8.82. The summed E-state index contributed by atoms with van der Waals surface area (Å²) in [7, 11) is 0. The van der Waals surface area contributed by atoms with Crippen molar-refractivity contribution in [3.05, 3.63) is 29.8 Å². The second kappa shape index (κ2) is 5.51. The summed E-state index contributed by atoms with van der Waals surface area (Å²) in [5.74, 6) is 0.740. The molecule has 0 saturated carbocycles. The number of aliphatic hydroxyl groups excluding tert-OH is 1. The van der Waals surface area contributed by atoms with Gasteiger partial charge < -0.3 is 9.84 Å². The van der Waals surface area contributed by atoms with Crippen molar-refractivity contribution in [2.24, 2.45) is 5.92 Å². The van der Waals surface area contributed by atoms with E-state index < -0.39 is 0 Å². The molecular formula is C12H16O3. The highest BCUT2D eigenvalue weighted by atomic mass is 16.5. The van der Waals surface area contributed by atoms with E-state index in [-0.39, 0.29) is 24.9 Å². The number of aliphatic hydroxyl groups is 1. The molecule has 3 heteroatoms. The molecule has 0 fully saturated rings. The van der Waals surface area contributed by atoms with Crippen molar-refractivity contribution < 1.29 is 14.6 Å². The van der Waals surface area contributed by atoms with Gasteiger partial charge in [-0.05, 0) is 17.7 Å². The van der Waals surface area contributed by atoms with Crippen LogP contribution in [0.2, 0.25) is 0 Å². The Hall–Kier alpha value is -1.35. The van der Waals surface area contributed by atoms with E-state index in [1.807, 2.05) is 13.8 Å². The first-order valence-corrected chi connectivity index (χ1v) is 4.99. The number of Topliss-reactive ketones (excluding diaryl/α,β-unsaturated/α-hetero) is 1. The lowest BCUT2D eigenvalue weighted by Crippen LogP contribution is -2.16. The van der Waals surface area contributed by atoms with Crippen molar-refractivity contribution in [2.75, 3.05) is 6.61 Å². The van der Waals surface area contributed by atoms with Crippen molar-refractivity contribution in [2.45, 2.75) is 20.5 Å². The molecule has 0 unspecified atom stereocenters. The zero-order valence-electron chi connectivity index (χ0n) is 9.06. The highest BCUT2D eigenvalue weighted by Gasteiger charge is 2.07. The maximum absolute atomic E-state index is 11.3. The highest BCUT2D eigenvalue weighted by molar-refractivity contribution is 5.81. The molecule has 0 aliphatic heterocycles. The summed E-state index contributed by atoms with van der Waals surface area (Å²) in [5.41, 5.74) is 0.831. The normalized spacial score (nSPS) is 10.4. The molecule has 1 N–H and O–H groups in total. The minimum atomic E-state index is 0.00159. The van der Waals surface area contributed by atoms with Crippen LogP contribution in [-0.4, -0.2) is 17.5 Å². The average molecular weight is 208 g/mol. The minimum Gasteiger partial charge on any atom is -0.486 e. The van der Waals surface area contributed by atoms with Gasteiger partial charge in [-0.2, -0.15) is 0 Å². The Kier molecular flexibility index (Phi) is 4.31. The summed E-state index contributed by atoms with van der Waals surface area (Å²) >= 11 is 0. The van der Waals surface area contributed by atoms with Crippen LogP contribution in [0.1, 0.15) is 19.4 Å². The largest absolute Gasteiger partial charge is 0.486 e. The van der Waals surface area contributed by atoms with E-state index in [1.54, 1.807) is 24.3 Å². The Morgan fingerprint density at radius 3 is 2.40 bits per heavy atom. The molecule has 0 atom stereocenters. The van der Waals surface area contributed by atoms with E-state index in [0.717, 1.165) is 5.56 Å². The van der Waals surface area contributed by atoms with Gasteiger partial charge in [0.1, 0.15) is 12.4 Å². The first-order valence-electron chi connectivity index (χ1n) is 4.99. The number of ether oxygens (including phenoxy) is 1. The molecule has 0 saturated heterocycles. The number of rotatable bonds is 5. The van der Waals surface area contributed by atoms with Crippen LogP contribution in [0.5, 0.6) is 5.75 Å². The predicted octanol–water partition coefficient (Wildman–Crippen LogP) is 1.78. The molecule has 82 valence electrons. The van der Waals surface area contributed by atoms with Gasteiger partial charge in [0.25, 0.3) is 0 Å². The van der Waals surface area contributed by atoms with Gasteiger partial charge in [0.2, 0.25) is 0 Å². The van der Waals surface area contributed by atoms with Gasteiger partial charge in [0.15, 0.2) is 5.78 Å². The first-order chi connectivity index (χ1) is 7.13. The molecule has 0 bridgehead atoms. The van der Waals surface area contributed by atoms with Gasteiger partial charge in [-0.1, -0.05) is 26.0 Å². The Labute approximate surface area is 89.7 Å². The minimum absolute atomic E-state index is 0.00159. The lowest BCUT2D eigenvalue weighted by molar-refractivity contribution is -0.123. The fraction of sp³-hybridized carbons (Fsp3) is 0.417. The molecule has 0 spiro atoms. The maximum Gasteiger partial charge on any atom is 0.172 e. The van der Waals surface area contributed by atoms with Gasteiger partial charge in [-0.3, -0.25) is 4.79 Å². The summed E-state index contributed by atoms with van der Waals surface area (Å²) < 4.78 is 5.30. The van der Waals surface area contributed by atoms with E-state index in [2.05, 4.69) is 0 Å². The topological polar surface area (TPSA) is 46.5 Å². The number of hydrogen-bond donors (Lipinski definition) is 1. The van der Waals surface area contributed by atoms with Crippen molar-refractivity contribution in [3.63, 3.8) is 0 Å². The third-order valence-corrected chi connectivity index (χ3v) is 2.13. The third-order valence-electron chi connectivity index (χ3n) is 2.13. The van der Waals surface area contributed by atoms with E-state index >= 15 is 0 Å². The van der Waals surface area contributed by atoms with E-state index in [0.29, 0.717) is 5.75 Å². The molecule has 0 aromatic heterocycles. The first kappa shape index (κ1) is 11.7. The average Bonchev–Trinajstić information content (AvgIpc) is 2.26. The summed E-state index contributed by atoms with van der Waals surface area (Å²) in [6.07, 6.45) is 0. The zero-order chi connectivity index (χ0) is 11.3. The molecule has 1 aromatic carbocycles. The number of carbonyl (C=O) groups excluding carboxylic acids is 1. The molecule has 1 aromatic rings. The Balaban J connectivity index is 2.47. The summed E-state index contributed by atoms with van der Waals surface area (Å²) in [6, 6.07) is 7.04. The van der Waals surface area contributed by atoms with E-state index in [1.165, 1.54) is 0 Å². The number of benzene rings is 1. The molecule has 0 heterocycles. The van der Waals surface area contributed by atoms with Crippen LogP contribution < -0.4 is 4.74 Å². The van der Waals surface area contributed by atoms with Crippen molar-refractivity contribution in [1.82, 2.24) is 0 Å². The quantitative estimate of drug-likeness (QED) is 0.802. The lowest BCUT2D eigenvalue weighted by atomic mass is 10.1. The third kappa shape index (κ3) is 3.72. The Morgan fingerprint density at radius 1 is 1.33 bits per heavy atom. The molecule has 0 radical (unpaired) electrons. The van der Waals surface area contributed by atoms with Gasteiger partial charge in [-0.25, -0.2) is 0 Å². The fourth-order valence-electron chi connectivity index (χ4n) is 1.01. The van der Waals surface area contributed by atoms with Crippen LogP contribution in [0.15, 0.2) is 24.3 Å². The van der Waals surface area contributed by atoms with Crippen molar-refractivity contribution >= 4 is 5.78 Å². The van der Waals surface area contributed by atoms with E-state index in [4.69, 9.17) is 9.84 Å². The Bertz CT molecular complexity index is 314. The smallest absolute Gasteiger partial charge is 0.172 e. The van der Waals surface area contributed by atoms with Gasteiger partial charge in [-0.15, -0.1) is 0 Å². The summed E-state index contributed by atoms with van der Waals surface area (Å²) in [6.45, 7) is 3.82. The zero-order valence-corrected chi connectivity index (χ0v) is 9.06. The molecular weight excluding hydrogens is 192 g/mol. The van der Waals surface area contributed by atoms with Crippen LogP contribution in [0.4, 0.5) is 0 Å². The highest BCUT2D eigenvalue weighted by Crippen LogP contribution is 2.12.